The molecule has 2 amide bonds. The molecule has 1 aromatic carbocycles. The molecule has 2 unspecified atom stereocenters. The number of nitrogens with zero attached hydrogens (tertiary/aromatic N) is 1. The number of unbranched alkanes of at least 4 members (excludes halogenated alkanes) is 1. The summed E-state index contributed by atoms with van der Waals surface area (Å²) in [5.41, 5.74) is 1.39. The van der Waals surface area contributed by atoms with Gasteiger partial charge in [0.05, 0.1) is 11.8 Å². The smallest absolute Gasteiger partial charge is 0.226 e. The van der Waals surface area contributed by atoms with Gasteiger partial charge in [0, 0.05) is 19.6 Å². The first-order valence-electron chi connectivity index (χ1n) is 9.79. The molecule has 1 aliphatic heterocycles. The van der Waals surface area contributed by atoms with Crippen LogP contribution in [0, 0.1) is 17.8 Å². The van der Waals surface area contributed by atoms with Crippen molar-refractivity contribution in [3.05, 3.63) is 35.9 Å². The fraction of sp³-hybridized carbons (Fsp3) is 0.619. The fourth-order valence-corrected chi connectivity index (χ4v) is 3.82. The highest BCUT2D eigenvalue weighted by atomic mass is 16.2. The molecule has 1 N–H and O–H groups in total. The van der Waals surface area contributed by atoms with Crippen LogP contribution in [0.5, 0.6) is 0 Å². The zero-order valence-corrected chi connectivity index (χ0v) is 15.2. The SMILES string of the molecule is CCCCNC(=O)C1CC1C(=O)N1CCC(Cc2ccccc2)CC1. The quantitative estimate of drug-likeness (QED) is 0.775. The molecule has 3 rings (SSSR count). The summed E-state index contributed by atoms with van der Waals surface area (Å²) in [7, 11) is 0. The van der Waals surface area contributed by atoms with Gasteiger partial charge in [-0.1, -0.05) is 43.7 Å². The maximum Gasteiger partial charge on any atom is 0.226 e. The van der Waals surface area contributed by atoms with E-state index >= 15 is 0 Å². The van der Waals surface area contributed by atoms with Gasteiger partial charge in [-0.25, -0.2) is 0 Å². The van der Waals surface area contributed by atoms with Gasteiger partial charge in [0.15, 0.2) is 0 Å². The van der Waals surface area contributed by atoms with Gasteiger partial charge in [0.25, 0.3) is 0 Å². The van der Waals surface area contributed by atoms with Gasteiger partial charge in [-0.15, -0.1) is 0 Å². The van der Waals surface area contributed by atoms with Crippen LogP contribution in [-0.2, 0) is 16.0 Å². The van der Waals surface area contributed by atoms with Crippen LogP contribution in [0.3, 0.4) is 0 Å². The van der Waals surface area contributed by atoms with Crippen LogP contribution in [0.1, 0.15) is 44.6 Å². The van der Waals surface area contributed by atoms with E-state index in [2.05, 4.69) is 42.6 Å². The van der Waals surface area contributed by atoms with Gasteiger partial charge in [-0.2, -0.15) is 0 Å². The number of likely N-dealkylation sites (tertiary alicyclic amines) is 1. The summed E-state index contributed by atoms with van der Waals surface area (Å²) in [4.78, 5) is 26.7. The lowest BCUT2D eigenvalue weighted by Gasteiger charge is -2.32. The zero-order valence-electron chi connectivity index (χ0n) is 15.2. The van der Waals surface area contributed by atoms with Crippen molar-refractivity contribution in [3.8, 4) is 0 Å². The summed E-state index contributed by atoms with van der Waals surface area (Å²) in [6.07, 6.45) is 6.06. The minimum atomic E-state index is -0.0774. The van der Waals surface area contributed by atoms with E-state index in [4.69, 9.17) is 0 Å². The Kier molecular flexibility index (Phi) is 6.11. The molecule has 1 saturated heterocycles. The Morgan fingerprint density at radius 2 is 1.84 bits per heavy atom. The molecule has 0 spiro atoms. The second-order valence-electron chi connectivity index (χ2n) is 7.55. The molecule has 2 aliphatic rings. The Bertz CT molecular complexity index is 579. The molecule has 25 heavy (non-hydrogen) atoms. The van der Waals surface area contributed by atoms with E-state index in [1.165, 1.54) is 5.56 Å². The predicted molar refractivity (Wildman–Crippen MR) is 99.0 cm³/mol. The number of nitrogens with one attached hydrogen (secondary N) is 1. The standard InChI is InChI=1S/C21H30N2O2/c1-2-3-11-22-20(24)18-15-19(18)21(25)23-12-9-17(10-13-23)14-16-7-5-4-6-8-16/h4-8,17-19H,2-3,9-15H2,1H3,(H,22,24). The van der Waals surface area contributed by atoms with Crippen molar-refractivity contribution in [3.63, 3.8) is 0 Å². The van der Waals surface area contributed by atoms with Crippen molar-refractivity contribution < 1.29 is 9.59 Å². The van der Waals surface area contributed by atoms with E-state index < -0.39 is 0 Å². The second-order valence-corrected chi connectivity index (χ2v) is 7.55. The van der Waals surface area contributed by atoms with E-state index in [9.17, 15) is 9.59 Å². The molecule has 0 aromatic heterocycles. The summed E-state index contributed by atoms with van der Waals surface area (Å²) >= 11 is 0. The van der Waals surface area contributed by atoms with Crippen LogP contribution in [-0.4, -0.2) is 36.3 Å². The molecule has 1 heterocycles. The maximum absolute atomic E-state index is 12.6. The molecular weight excluding hydrogens is 312 g/mol. The topological polar surface area (TPSA) is 49.4 Å². The molecular formula is C21H30N2O2. The Morgan fingerprint density at radius 3 is 2.52 bits per heavy atom. The number of hydrogen-bond acceptors (Lipinski definition) is 2. The molecule has 2 fully saturated rings. The maximum atomic E-state index is 12.6. The first-order valence-corrected chi connectivity index (χ1v) is 9.79. The van der Waals surface area contributed by atoms with Crippen molar-refractivity contribution in [1.82, 2.24) is 10.2 Å². The lowest BCUT2D eigenvalue weighted by molar-refractivity contribution is -0.136. The second kappa shape index (κ2) is 8.50. The molecule has 0 bridgehead atoms. The molecule has 1 aliphatic carbocycles. The van der Waals surface area contributed by atoms with Gasteiger partial charge < -0.3 is 10.2 Å². The van der Waals surface area contributed by atoms with Crippen LogP contribution in [0.25, 0.3) is 0 Å². The minimum Gasteiger partial charge on any atom is -0.356 e. The van der Waals surface area contributed by atoms with Gasteiger partial charge in [-0.3, -0.25) is 9.59 Å². The van der Waals surface area contributed by atoms with E-state index in [1.54, 1.807) is 0 Å². The Labute approximate surface area is 151 Å². The summed E-state index contributed by atoms with van der Waals surface area (Å²) in [5.74, 6) is 0.803. The van der Waals surface area contributed by atoms with Crippen molar-refractivity contribution >= 4 is 11.8 Å². The summed E-state index contributed by atoms with van der Waals surface area (Å²) in [6.45, 7) is 4.53. The molecule has 1 aromatic rings. The third kappa shape index (κ3) is 4.83. The number of rotatable bonds is 7. The minimum absolute atomic E-state index is 0.0627. The number of carbonyl (C=O) groups excluding carboxylic acids is 2. The fourth-order valence-electron chi connectivity index (χ4n) is 3.82. The lowest BCUT2D eigenvalue weighted by atomic mass is 9.90. The highest BCUT2D eigenvalue weighted by Crippen LogP contribution is 2.40. The Hall–Kier alpha value is -1.84. The third-order valence-electron chi connectivity index (χ3n) is 5.57. The number of piperidine rings is 1. The van der Waals surface area contributed by atoms with E-state index in [-0.39, 0.29) is 23.7 Å². The summed E-state index contributed by atoms with van der Waals surface area (Å²) in [6, 6.07) is 10.6. The highest BCUT2D eigenvalue weighted by Gasteiger charge is 2.49. The molecule has 2 atom stereocenters. The van der Waals surface area contributed by atoms with Gasteiger partial charge >= 0.3 is 0 Å². The number of carbonyl (C=O) groups is 2. The first kappa shape index (κ1) is 18.0. The number of hydrogen-bond donors (Lipinski definition) is 1. The normalized spacial score (nSPS) is 23.3. The van der Waals surface area contributed by atoms with Crippen LogP contribution in [0.2, 0.25) is 0 Å². The van der Waals surface area contributed by atoms with Gasteiger partial charge in [-0.05, 0) is 43.6 Å². The Morgan fingerprint density at radius 1 is 1.12 bits per heavy atom. The molecule has 4 nitrogen and oxygen atoms in total. The number of benzene rings is 1. The molecule has 0 radical (unpaired) electrons. The monoisotopic (exact) mass is 342 g/mol. The first-order chi connectivity index (χ1) is 12.2. The van der Waals surface area contributed by atoms with Gasteiger partial charge in [0.2, 0.25) is 11.8 Å². The van der Waals surface area contributed by atoms with Crippen LogP contribution >= 0.6 is 0 Å². The van der Waals surface area contributed by atoms with E-state index in [1.807, 2.05) is 4.90 Å². The highest BCUT2D eigenvalue weighted by molar-refractivity contribution is 5.92. The molecule has 136 valence electrons. The van der Waals surface area contributed by atoms with Crippen molar-refractivity contribution in [2.45, 2.75) is 45.4 Å². The van der Waals surface area contributed by atoms with Crippen LogP contribution in [0.4, 0.5) is 0 Å². The lowest BCUT2D eigenvalue weighted by Crippen LogP contribution is -2.40. The molecule has 1 saturated carbocycles. The number of amides is 2. The van der Waals surface area contributed by atoms with Crippen molar-refractivity contribution in [2.24, 2.45) is 17.8 Å². The van der Waals surface area contributed by atoms with Crippen molar-refractivity contribution in [2.75, 3.05) is 19.6 Å². The van der Waals surface area contributed by atoms with Crippen LogP contribution < -0.4 is 5.32 Å². The molecule has 4 heteroatoms. The van der Waals surface area contributed by atoms with Crippen molar-refractivity contribution in [1.29, 1.82) is 0 Å². The summed E-state index contributed by atoms with van der Waals surface area (Å²) in [5, 5.41) is 2.96. The predicted octanol–water partition coefficient (Wildman–Crippen LogP) is 3.02. The third-order valence-corrected chi connectivity index (χ3v) is 5.57. The van der Waals surface area contributed by atoms with E-state index in [0.29, 0.717) is 5.92 Å². The Balaban J connectivity index is 1.40. The van der Waals surface area contributed by atoms with E-state index in [0.717, 1.165) is 58.2 Å². The summed E-state index contributed by atoms with van der Waals surface area (Å²) < 4.78 is 0. The average molecular weight is 342 g/mol. The van der Waals surface area contributed by atoms with Gasteiger partial charge in [0.1, 0.15) is 0 Å². The zero-order chi connectivity index (χ0) is 17.6. The average Bonchev–Trinajstić information content (AvgIpc) is 3.44. The van der Waals surface area contributed by atoms with Crippen LogP contribution in [0.15, 0.2) is 30.3 Å². The largest absolute Gasteiger partial charge is 0.356 e.